The molecule has 2 N–H and O–H groups in total. The molecule has 1 saturated heterocycles. The Bertz CT molecular complexity index is 1330. The first kappa shape index (κ1) is 24.6. The lowest BCUT2D eigenvalue weighted by atomic mass is 10.0. The Balaban J connectivity index is 1.62. The molecule has 0 radical (unpaired) electrons. The molecule has 1 aliphatic carbocycles. The van der Waals surface area contributed by atoms with Crippen LogP contribution in [-0.4, -0.2) is 77.7 Å². The predicted octanol–water partition coefficient (Wildman–Crippen LogP) is 1.10. The zero-order chi connectivity index (χ0) is 26.0. The average Bonchev–Trinajstić information content (AvgIpc) is 3.42. The molecule has 194 valence electrons. The number of aryl methyl sites for hydroxylation is 1. The zero-order valence-corrected chi connectivity index (χ0v) is 22.0. The van der Waals surface area contributed by atoms with Crippen molar-refractivity contribution in [3.63, 3.8) is 0 Å². The molecule has 1 saturated carbocycles. The number of hydrogen-bond acceptors (Lipinski definition) is 7. The molecule has 0 spiro atoms. The maximum atomic E-state index is 13.8. The first-order chi connectivity index (χ1) is 16.9. The number of fused-ring (bicyclic) bond motifs is 1. The van der Waals surface area contributed by atoms with Crippen LogP contribution in [0.1, 0.15) is 49.5 Å². The van der Waals surface area contributed by atoms with Crippen LogP contribution in [0.15, 0.2) is 29.4 Å². The maximum Gasteiger partial charge on any atom is 0.257 e. The molecule has 2 aromatic rings. The number of piperazine rings is 1. The van der Waals surface area contributed by atoms with Gasteiger partial charge in [-0.3, -0.25) is 14.3 Å². The average molecular weight is 516 g/mol. The molecule has 1 atom stereocenters. The second kappa shape index (κ2) is 8.48. The molecule has 2 aliphatic heterocycles. The van der Waals surface area contributed by atoms with Gasteiger partial charge in [-0.25, -0.2) is 13.6 Å². The normalized spacial score (nSPS) is 21.6. The molecule has 0 bridgehead atoms. The maximum absolute atomic E-state index is 13.8. The minimum atomic E-state index is -4.06. The van der Waals surface area contributed by atoms with E-state index in [9.17, 15) is 18.0 Å². The summed E-state index contributed by atoms with van der Waals surface area (Å²) in [7, 11) is -2.24. The number of primary sulfonamides is 1. The first-order valence-corrected chi connectivity index (χ1v) is 13.7. The fourth-order valence-electron chi connectivity index (χ4n) is 5.35. The number of sulfonamides is 1. The quantitative estimate of drug-likeness (QED) is 0.632. The minimum absolute atomic E-state index is 0.0100. The van der Waals surface area contributed by atoms with Crippen molar-refractivity contribution >= 4 is 33.2 Å². The van der Waals surface area contributed by atoms with Gasteiger partial charge in [0, 0.05) is 56.9 Å². The molecule has 1 unspecified atom stereocenters. The van der Waals surface area contributed by atoms with Gasteiger partial charge in [-0.15, -0.1) is 0 Å². The van der Waals surface area contributed by atoms with Crippen LogP contribution in [0, 0.1) is 0 Å². The topological polar surface area (TPSA) is 125 Å². The molecule has 2 fully saturated rings. The van der Waals surface area contributed by atoms with Crippen LogP contribution >= 0.6 is 0 Å². The molecule has 1 aromatic heterocycles. The molecule has 11 nitrogen and oxygen atoms in total. The van der Waals surface area contributed by atoms with Gasteiger partial charge in [0.1, 0.15) is 0 Å². The molecular weight excluding hydrogens is 482 g/mol. The van der Waals surface area contributed by atoms with Crippen molar-refractivity contribution in [3.05, 3.63) is 35.7 Å². The largest absolute Gasteiger partial charge is 0.366 e. The Labute approximate surface area is 211 Å². The third-order valence-electron chi connectivity index (χ3n) is 7.62. The van der Waals surface area contributed by atoms with Crippen molar-refractivity contribution in [2.75, 3.05) is 36.1 Å². The van der Waals surface area contributed by atoms with Crippen molar-refractivity contribution in [3.8, 4) is 0 Å². The Hall–Kier alpha value is -3.12. The van der Waals surface area contributed by atoms with E-state index in [4.69, 9.17) is 5.14 Å². The van der Waals surface area contributed by atoms with Crippen molar-refractivity contribution < 1.29 is 18.0 Å². The Morgan fingerprint density at radius 2 is 1.97 bits per heavy atom. The summed E-state index contributed by atoms with van der Waals surface area (Å²) >= 11 is 0. The number of hydrogen-bond donors (Lipinski definition) is 1. The fourth-order valence-corrected chi connectivity index (χ4v) is 5.91. The van der Waals surface area contributed by atoms with Crippen LogP contribution in [0.5, 0.6) is 0 Å². The third kappa shape index (κ3) is 4.32. The number of benzene rings is 1. The zero-order valence-electron chi connectivity index (χ0n) is 21.1. The smallest absolute Gasteiger partial charge is 0.257 e. The number of carbonyl (C=O) groups is 2. The van der Waals surface area contributed by atoms with Gasteiger partial charge in [0.15, 0.2) is 0 Å². The van der Waals surface area contributed by atoms with Crippen LogP contribution in [0.3, 0.4) is 0 Å². The SMILES string of the molecule is CC(=O)N1CCN(c2cc(S(N)(=O)=O)cc3c2N(C2(C)CC2)CN(Cc2cnn(C)c2)C3=O)CC1C. The van der Waals surface area contributed by atoms with Crippen LogP contribution in [-0.2, 0) is 28.4 Å². The van der Waals surface area contributed by atoms with Gasteiger partial charge < -0.3 is 19.6 Å². The van der Waals surface area contributed by atoms with Crippen molar-refractivity contribution in [1.29, 1.82) is 0 Å². The summed E-state index contributed by atoms with van der Waals surface area (Å²) in [5.74, 6) is -0.229. The number of nitrogens with two attached hydrogens (primary N) is 1. The number of nitrogens with zero attached hydrogens (tertiary/aromatic N) is 6. The summed E-state index contributed by atoms with van der Waals surface area (Å²) in [6.45, 7) is 8.03. The van der Waals surface area contributed by atoms with Gasteiger partial charge >= 0.3 is 0 Å². The highest BCUT2D eigenvalue weighted by molar-refractivity contribution is 7.89. The van der Waals surface area contributed by atoms with E-state index in [0.29, 0.717) is 44.1 Å². The second-order valence-electron chi connectivity index (χ2n) is 10.5. The lowest BCUT2D eigenvalue weighted by Gasteiger charge is -2.46. The van der Waals surface area contributed by atoms with Crippen LogP contribution < -0.4 is 14.9 Å². The summed E-state index contributed by atoms with van der Waals surface area (Å²) in [6, 6.07) is 2.95. The second-order valence-corrected chi connectivity index (χ2v) is 12.0. The van der Waals surface area contributed by atoms with Crippen LogP contribution in [0.25, 0.3) is 0 Å². The van der Waals surface area contributed by atoms with E-state index in [-0.39, 0.29) is 28.3 Å². The van der Waals surface area contributed by atoms with Gasteiger partial charge in [0.2, 0.25) is 15.9 Å². The summed E-state index contributed by atoms with van der Waals surface area (Å²) in [6.07, 6.45) is 5.56. The van der Waals surface area contributed by atoms with E-state index < -0.39 is 10.0 Å². The Kier molecular flexibility index (Phi) is 5.79. The van der Waals surface area contributed by atoms with E-state index in [1.165, 1.54) is 6.07 Å². The monoisotopic (exact) mass is 515 g/mol. The summed E-state index contributed by atoms with van der Waals surface area (Å²) < 4.78 is 26.7. The lowest BCUT2D eigenvalue weighted by Crippen LogP contribution is -2.55. The highest BCUT2D eigenvalue weighted by atomic mass is 32.2. The summed E-state index contributed by atoms with van der Waals surface area (Å²) in [5, 5.41) is 9.78. The number of carbonyl (C=O) groups excluding carboxylic acids is 2. The van der Waals surface area contributed by atoms with Gasteiger partial charge in [-0.1, -0.05) is 0 Å². The van der Waals surface area contributed by atoms with E-state index in [0.717, 1.165) is 24.1 Å². The molecule has 3 aliphatic rings. The van der Waals surface area contributed by atoms with Crippen LogP contribution in [0.2, 0.25) is 0 Å². The lowest BCUT2D eigenvalue weighted by molar-refractivity contribution is -0.131. The van der Waals surface area contributed by atoms with Gasteiger partial charge in [0.25, 0.3) is 5.91 Å². The molecular formula is C24H33N7O4S. The highest BCUT2D eigenvalue weighted by Gasteiger charge is 2.49. The van der Waals surface area contributed by atoms with Gasteiger partial charge in [-0.05, 0) is 38.8 Å². The number of amides is 2. The standard InChI is InChI=1S/C24H33N7O4S/c1-16-12-28(7-8-30(16)17(2)32)21-10-19(36(25,34)35)9-20-22(21)31(24(3)5-6-24)15-29(23(20)33)14-18-11-26-27(4)13-18/h9-11,13,16H,5-8,12,14-15H2,1-4H3,(H2,25,34,35). The summed E-state index contributed by atoms with van der Waals surface area (Å²) in [5.41, 5.74) is 2.52. The first-order valence-electron chi connectivity index (χ1n) is 12.1. The number of aromatic nitrogens is 2. The van der Waals surface area contributed by atoms with E-state index in [1.54, 1.807) is 28.8 Å². The highest BCUT2D eigenvalue weighted by Crippen LogP contribution is 2.50. The van der Waals surface area contributed by atoms with Crippen molar-refractivity contribution in [1.82, 2.24) is 19.6 Å². The molecule has 5 rings (SSSR count). The molecule has 1 aromatic carbocycles. The van der Waals surface area contributed by atoms with E-state index >= 15 is 0 Å². The minimum Gasteiger partial charge on any atom is -0.366 e. The van der Waals surface area contributed by atoms with Crippen molar-refractivity contribution in [2.24, 2.45) is 12.2 Å². The fraction of sp³-hybridized carbons (Fsp3) is 0.542. The van der Waals surface area contributed by atoms with Gasteiger partial charge in [0.05, 0.1) is 41.2 Å². The van der Waals surface area contributed by atoms with Crippen molar-refractivity contribution in [2.45, 2.75) is 56.6 Å². The Morgan fingerprint density at radius 1 is 1.25 bits per heavy atom. The van der Waals surface area contributed by atoms with E-state index in [2.05, 4.69) is 21.8 Å². The van der Waals surface area contributed by atoms with E-state index in [1.807, 2.05) is 25.1 Å². The summed E-state index contributed by atoms with van der Waals surface area (Å²) in [4.78, 5) is 33.6. The molecule has 2 amide bonds. The third-order valence-corrected chi connectivity index (χ3v) is 8.51. The molecule has 12 heteroatoms. The number of rotatable bonds is 5. The van der Waals surface area contributed by atoms with Gasteiger partial charge in [-0.2, -0.15) is 5.10 Å². The van der Waals surface area contributed by atoms with Crippen LogP contribution in [0.4, 0.5) is 11.4 Å². The Morgan fingerprint density at radius 3 is 2.53 bits per heavy atom. The molecule has 3 heterocycles. The number of anilines is 2. The predicted molar refractivity (Wildman–Crippen MR) is 135 cm³/mol. The molecule has 36 heavy (non-hydrogen) atoms.